The summed E-state index contributed by atoms with van der Waals surface area (Å²) >= 11 is 0. The summed E-state index contributed by atoms with van der Waals surface area (Å²) in [5.41, 5.74) is 1.31. The fourth-order valence-electron chi connectivity index (χ4n) is 4.91. The summed E-state index contributed by atoms with van der Waals surface area (Å²) in [4.78, 5) is 129. The van der Waals surface area contributed by atoms with E-state index in [9.17, 15) is 72.4 Å². The lowest BCUT2D eigenvalue weighted by Gasteiger charge is -2.10. The number of nitrogens with one attached hydrogen (secondary N) is 2. The zero-order chi connectivity index (χ0) is 48.4. The normalized spacial score (nSPS) is 11.3. The van der Waals surface area contributed by atoms with Gasteiger partial charge in [0.1, 0.15) is 23.1 Å². The molecule has 2 unspecified atom stereocenters. The lowest BCUT2D eigenvalue weighted by Crippen LogP contribution is -2.21. The molecule has 2 rings (SSSR count). The standard InChI is InChI=1S/2C16H23N3O7.C2HF3O2.C2H4O2/c2*20-14(4-1-2-7-26-19(24)25)5-3-6-15(21)9-12(16(22)23)8-13-10-17-11-18-13;3-2(4,5)1(6)7;1-2(3)4/h2*10-12H,1-9H2,(H,17,18)(H,22,23);(H,6,7);1H3,(H,3,4). The van der Waals surface area contributed by atoms with Crippen molar-refractivity contribution in [2.45, 2.75) is 116 Å². The number of carboxylic acids is 4. The monoisotopic (exact) mass is 912 g/mol. The van der Waals surface area contributed by atoms with E-state index in [1.54, 1.807) is 0 Å². The van der Waals surface area contributed by atoms with Crippen LogP contribution in [0.15, 0.2) is 25.0 Å². The number of halogens is 3. The maximum absolute atomic E-state index is 12.0. The van der Waals surface area contributed by atoms with Gasteiger partial charge in [0.05, 0.1) is 37.7 Å². The first-order chi connectivity index (χ1) is 29.4. The number of unbranched alkanes of at least 4 members (excludes halogenated alkanes) is 2. The second kappa shape index (κ2) is 33.8. The van der Waals surface area contributed by atoms with Gasteiger partial charge in [0, 0.05) is 94.9 Å². The van der Waals surface area contributed by atoms with Crippen LogP contribution in [-0.4, -0.2) is 117 Å². The number of nitrogens with zero attached hydrogens (tertiary/aromatic N) is 4. The Balaban J connectivity index is 0. The Morgan fingerprint density at radius 3 is 1.17 bits per heavy atom. The second-order valence-electron chi connectivity index (χ2n) is 13.3. The van der Waals surface area contributed by atoms with Crippen molar-refractivity contribution < 1.29 is 91.8 Å². The number of aliphatic carboxylic acids is 4. The molecule has 0 aliphatic carbocycles. The van der Waals surface area contributed by atoms with Crippen molar-refractivity contribution >= 4 is 47.0 Å². The van der Waals surface area contributed by atoms with Crippen LogP contribution in [0.25, 0.3) is 0 Å². The summed E-state index contributed by atoms with van der Waals surface area (Å²) in [6.07, 6.45) is 5.02. The van der Waals surface area contributed by atoms with Crippen molar-refractivity contribution in [3.63, 3.8) is 0 Å². The Morgan fingerprint density at radius 2 is 0.921 bits per heavy atom. The van der Waals surface area contributed by atoms with Crippen LogP contribution in [0.1, 0.15) is 108 Å². The highest BCUT2D eigenvalue weighted by atomic mass is 19.4. The van der Waals surface area contributed by atoms with Gasteiger partial charge < -0.3 is 40.1 Å². The SMILES string of the molecule is CC(=O)O.O=C(CCCCO[N+](=O)[O-])CCCC(=O)CC(Cc1cnc[nH]1)C(=O)O.O=C(CCCCO[N+](=O)[O-])CCCC(=O)CC(Cc1cnc[nH]1)C(=O)O.O=C(O)C(F)(F)F. The van der Waals surface area contributed by atoms with E-state index in [4.69, 9.17) is 19.8 Å². The minimum Gasteiger partial charge on any atom is -0.481 e. The number of ketones is 4. The Morgan fingerprint density at radius 1 is 0.619 bits per heavy atom. The molecule has 24 nitrogen and oxygen atoms in total. The summed E-state index contributed by atoms with van der Waals surface area (Å²) in [5, 5.41) is 51.1. The van der Waals surface area contributed by atoms with Crippen LogP contribution in [0.5, 0.6) is 0 Å². The van der Waals surface area contributed by atoms with Crippen LogP contribution in [0.3, 0.4) is 0 Å². The Hall–Kier alpha value is -6.83. The first kappa shape index (κ1) is 58.3. The maximum Gasteiger partial charge on any atom is 0.490 e. The zero-order valence-electron chi connectivity index (χ0n) is 34.1. The number of hydrogen-bond acceptors (Lipinski definition) is 16. The van der Waals surface area contributed by atoms with E-state index < -0.39 is 52.1 Å². The Bertz CT molecular complexity index is 1610. The molecule has 0 fully saturated rings. The molecule has 2 aromatic rings. The molecule has 0 aromatic carbocycles. The van der Waals surface area contributed by atoms with Gasteiger partial charge in [0.15, 0.2) is 0 Å². The van der Waals surface area contributed by atoms with E-state index in [0.717, 1.165) is 6.92 Å². The molecule has 2 heterocycles. The predicted octanol–water partition coefficient (Wildman–Crippen LogP) is 4.18. The first-order valence-corrected chi connectivity index (χ1v) is 19.0. The molecule has 0 aliphatic heterocycles. The van der Waals surface area contributed by atoms with Crippen molar-refractivity contribution in [3.8, 4) is 0 Å². The van der Waals surface area contributed by atoms with E-state index in [-0.39, 0.29) is 101 Å². The average molecular weight is 913 g/mol. The number of Topliss-reactive ketones (excluding diaryl/α,β-unsaturated/α-hetero) is 4. The minimum absolute atomic E-state index is 0.0221. The highest BCUT2D eigenvalue weighted by Crippen LogP contribution is 2.16. The fraction of sp³-hybridized carbons (Fsp3) is 0.611. The summed E-state index contributed by atoms with van der Waals surface area (Å²) in [7, 11) is 0. The molecule has 0 saturated heterocycles. The van der Waals surface area contributed by atoms with Crippen LogP contribution in [0.2, 0.25) is 0 Å². The predicted molar refractivity (Wildman–Crippen MR) is 204 cm³/mol. The van der Waals surface area contributed by atoms with Gasteiger partial charge in [-0.2, -0.15) is 13.2 Å². The smallest absolute Gasteiger partial charge is 0.481 e. The van der Waals surface area contributed by atoms with Gasteiger partial charge >= 0.3 is 24.1 Å². The van der Waals surface area contributed by atoms with Gasteiger partial charge in [-0.3, -0.25) is 33.6 Å². The van der Waals surface area contributed by atoms with E-state index in [1.807, 2.05) is 0 Å². The van der Waals surface area contributed by atoms with Crippen molar-refractivity contribution in [1.29, 1.82) is 0 Å². The molecule has 2 atom stereocenters. The number of H-pyrrole nitrogens is 2. The lowest BCUT2D eigenvalue weighted by atomic mass is 9.95. The van der Waals surface area contributed by atoms with Gasteiger partial charge in [-0.25, -0.2) is 14.8 Å². The number of carboxylic acid groups (broad SMARTS) is 4. The third-order valence-electron chi connectivity index (χ3n) is 7.85. The van der Waals surface area contributed by atoms with E-state index in [0.29, 0.717) is 49.9 Å². The Labute approximate surface area is 356 Å². The molecule has 354 valence electrons. The third kappa shape index (κ3) is 36.7. The fourth-order valence-corrected chi connectivity index (χ4v) is 4.91. The van der Waals surface area contributed by atoms with E-state index in [2.05, 4.69) is 29.6 Å². The molecule has 6 N–H and O–H groups in total. The molecule has 0 bridgehead atoms. The largest absolute Gasteiger partial charge is 0.490 e. The number of hydrogen-bond donors (Lipinski definition) is 6. The molecule has 0 spiro atoms. The summed E-state index contributed by atoms with van der Waals surface area (Å²) < 4.78 is 31.7. The average Bonchev–Trinajstić information content (AvgIpc) is 3.89. The molecule has 0 aliphatic rings. The molecule has 0 amide bonds. The van der Waals surface area contributed by atoms with Gasteiger partial charge in [0.25, 0.3) is 16.1 Å². The second-order valence-corrected chi connectivity index (χ2v) is 13.3. The molecular weight excluding hydrogens is 861 g/mol. The van der Waals surface area contributed by atoms with Crippen LogP contribution in [-0.2, 0) is 60.9 Å². The number of rotatable bonds is 30. The van der Waals surface area contributed by atoms with E-state index in [1.165, 1.54) is 25.0 Å². The third-order valence-corrected chi connectivity index (χ3v) is 7.85. The lowest BCUT2D eigenvalue weighted by molar-refractivity contribution is -0.757. The van der Waals surface area contributed by atoms with Gasteiger partial charge in [-0.1, -0.05) is 0 Å². The van der Waals surface area contributed by atoms with Crippen molar-refractivity contribution in [1.82, 2.24) is 19.9 Å². The van der Waals surface area contributed by atoms with Crippen LogP contribution < -0.4 is 0 Å². The van der Waals surface area contributed by atoms with Crippen LogP contribution in [0.4, 0.5) is 13.2 Å². The van der Waals surface area contributed by atoms with Gasteiger partial charge in [-0.05, 0) is 38.5 Å². The first-order valence-electron chi connectivity index (χ1n) is 19.0. The summed E-state index contributed by atoms with van der Waals surface area (Å²) in [5.74, 6) is -7.74. The van der Waals surface area contributed by atoms with Gasteiger partial charge in [-0.15, -0.1) is 20.2 Å². The van der Waals surface area contributed by atoms with E-state index >= 15 is 0 Å². The Kier molecular flexibility index (Phi) is 31.3. The summed E-state index contributed by atoms with van der Waals surface area (Å²) in [6, 6.07) is 0. The van der Waals surface area contributed by atoms with Crippen molar-refractivity contribution in [3.05, 3.63) is 56.7 Å². The number of carbonyl (C=O) groups excluding carboxylic acids is 4. The highest BCUT2D eigenvalue weighted by Gasteiger charge is 2.38. The molecule has 0 radical (unpaired) electrons. The summed E-state index contributed by atoms with van der Waals surface area (Å²) in [6.45, 7) is 1.01. The quantitative estimate of drug-likeness (QED) is 0.0363. The number of carbonyl (C=O) groups is 8. The molecule has 27 heteroatoms. The highest BCUT2D eigenvalue weighted by molar-refractivity contribution is 5.85. The molecule has 0 saturated carbocycles. The maximum atomic E-state index is 12.0. The molecular formula is C36H51F3N6O18. The number of aromatic nitrogens is 4. The van der Waals surface area contributed by atoms with Crippen LogP contribution >= 0.6 is 0 Å². The number of alkyl halides is 3. The van der Waals surface area contributed by atoms with Crippen molar-refractivity contribution in [2.75, 3.05) is 13.2 Å². The zero-order valence-corrected chi connectivity index (χ0v) is 34.1. The molecule has 2 aromatic heterocycles. The van der Waals surface area contributed by atoms with Gasteiger partial charge in [0.2, 0.25) is 0 Å². The van der Waals surface area contributed by atoms with Crippen molar-refractivity contribution in [2.24, 2.45) is 11.8 Å². The number of imidazole rings is 2. The van der Waals surface area contributed by atoms with Crippen LogP contribution in [0, 0.1) is 32.1 Å². The minimum atomic E-state index is -5.08. The number of aromatic amines is 2. The molecule has 63 heavy (non-hydrogen) atoms. The topological polar surface area (TPSA) is 380 Å².